The number of aromatic nitrogens is 3. The number of nitrogens with one attached hydrogen (secondary N) is 1. The summed E-state index contributed by atoms with van der Waals surface area (Å²) in [4.78, 5) is 24.6. The lowest BCUT2D eigenvalue weighted by Crippen LogP contribution is -2.56. The summed E-state index contributed by atoms with van der Waals surface area (Å²) in [6.45, 7) is 9.65. The third kappa shape index (κ3) is 5.29. The number of aryl methyl sites for hydroxylation is 2. The summed E-state index contributed by atoms with van der Waals surface area (Å²) < 4.78 is 0. The molecule has 2 aromatic heterocycles. The number of nitrogens with zero attached hydrogens (tertiary/aromatic N) is 6. The molecule has 1 aromatic carbocycles. The van der Waals surface area contributed by atoms with Gasteiger partial charge >= 0.3 is 0 Å². The monoisotopic (exact) mass is 515 g/mol. The summed E-state index contributed by atoms with van der Waals surface area (Å²) in [6.07, 6.45) is 5.43. The third-order valence-corrected chi connectivity index (χ3v) is 7.84. The fourth-order valence-electron chi connectivity index (χ4n) is 5.84. The number of anilines is 3. The van der Waals surface area contributed by atoms with Gasteiger partial charge in [-0.15, -0.1) is 5.10 Å². The van der Waals surface area contributed by atoms with Crippen LogP contribution in [0, 0.1) is 20.8 Å². The second-order valence-corrected chi connectivity index (χ2v) is 10.3. The lowest BCUT2D eigenvalue weighted by molar-refractivity contribution is 0.0697. The van der Waals surface area contributed by atoms with Crippen LogP contribution in [0.1, 0.15) is 39.9 Å². The molecule has 0 unspecified atom stereocenters. The molecule has 2 N–H and O–H groups in total. The molecule has 2 aliphatic rings. The van der Waals surface area contributed by atoms with Crippen molar-refractivity contribution >= 4 is 23.2 Å². The van der Waals surface area contributed by atoms with E-state index in [1.165, 1.54) is 0 Å². The van der Waals surface area contributed by atoms with Crippen LogP contribution in [-0.4, -0.2) is 82.5 Å². The molecule has 9 nitrogen and oxygen atoms in total. The molecule has 5 rings (SSSR count). The van der Waals surface area contributed by atoms with Gasteiger partial charge in [0.05, 0.1) is 12.6 Å². The van der Waals surface area contributed by atoms with Crippen LogP contribution in [0.15, 0.2) is 48.8 Å². The van der Waals surface area contributed by atoms with Crippen LogP contribution in [0.25, 0.3) is 0 Å². The molecule has 2 saturated heterocycles. The molecule has 4 heterocycles. The van der Waals surface area contributed by atoms with Crippen LogP contribution in [-0.2, 0) is 0 Å². The Balaban J connectivity index is 1.30. The van der Waals surface area contributed by atoms with Crippen LogP contribution in [0.5, 0.6) is 0 Å². The van der Waals surface area contributed by atoms with Gasteiger partial charge in [-0.3, -0.25) is 4.79 Å². The first-order valence-electron chi connectivity index (χ1n) is 13.4. The van der Waals surface area contributed by atoms with Crippen LogP contribution in [0.3, 0.4) is 0 Å². The zero-order valence-electron chi connectivity index (χ0n) is 22.5. The molecular weight excluding hydrogens is 478 g/mol. The number of aliphatic hydroxyl groups is 1. The van der Waals surface area contributed by atoms with E-state index in [1.807, 2.05) is 42.2 Å². The summed E-state index contributed by atoms with van der Waals surface area (Å²) in [7, 11) is 0. The smallest absolute Gasteiger partial charge is 0.254 e. The quantitative estimate of drug-likeness (QED) is 0.517. The summed E-state index contributed by atoms with van der Waals surface area (Å²) in [5.41, 5.74) is 4.96. The normalized spacial score (nSPS) is 18.5. The molecule has 1 amide bonds. The van der Waals surface area contributed by atoms with Gasteiger partial charge in [-0.05, 0) is 74.6 Å². The van der Waals surface area contributed by atoms with Gasteiger partial charge in [-0.25, -0.2) is 4.98 Å². The summed E-state index contributed by atoms with van der Waals surface area (Å²) in [6, 6.07) is 12.0. The second-order valence-electron chi connectivity index (χ2n) is 10.3. The number of rotatable bonds is 6. The Labute approximate surface area is 224 Å². The number of amides is 1. The van der Waals surface area contributed by atoms with Crippen LogP contribution in [0.2, 0.25) is 0 Å². The summed E-state index contributed by atoms with van der Waals surface area (Å²) >= 11 is 0. The van der Waals surface area contributed by atoms with Gasteiger partial charge in [-0.1, -0.05) is 12.1 Å². The fourth-order valence-corrected chi connectivity index (χ4v) is 5.84. The van der Waals surface area contributed by atoms with E-state index in [9.17, 15) is 9.90 Å². The second kappa shape index (κ2) is 11.3. The molecule has 0 spiro atoms. The van der Waals surface area contributed by atoms with Crippen molar-refractivity contribution < 1.29 is 9.90 Å². The van der Waals surface area contributed by atoms with Crippen molar-refractivity contribution in [3.05, 3.63) is 71.0 Å². The Morgan fingerprint density at radius 2 is 1.79 bits per heavy atom. The Morgan fingerprint density at radius 1 is 1.00 bits per heavy atom. The standard InChI is InChI=1S/C29H37N7O2/c1-20-17-21(2)28(32-23-9-13-34(14-10-23)26-8-6-12-31-33-26)22(3)27(20)29(38)35-15-16-36(24(18-35)19-37)25-7-4-5-11-30-25/h4-8,11-12,17,23-24,32,37H,9-10,13-16,18-19H2,1-3H3/t24-/m0/s1. The Bertz CT molecular complexity index is 1250. The largest absolute Gasteiger partial charge is 0.394 e. The van der Waals surface area contributed by atoms with Gasteiger partial charge in [0.25, 0.3) is 5.91 Å². The molecule has 0 radical (unpaired) electrons. The van der Waals surface area contributed by atoms with E-state index < -0.39 is 0 Å². The molecule has 0 aliphatic carbocycles. The van der Waals surface area contributed by atoms with Crippen molar-refractivity contribution in [1.29, 1.82) is 0 Å². The van der Waals surface area contributed by atoms with Gasteiger partial charge in [0, 0.05) is 62.4 Å². The maximum atomic E-state index is 13.9. The number of benzene rings is 1. The third-order valence-electron chi connectivity index (χ3n) is 7.84. The minimum absolute atomic E-state index is 0.0274. The topological polar surface area (TPSA) is 97.7 Å². The summed E-state index contributed by atoms with van der Waals surface area (Å²) in [5, 5.41) is 22.2. The SMILES string of the molecule is Cc1cc(C)c(C(=O)N2CCN(c3ccccn3)[C@H](CO)C2)c(C)c1NC1CCN(c2cccnn2)CC1. The number of hydrogen-bond acceptors (Lipinski definition) is 8. The summed E-state index contributed by atoms with van der Waals surface area (Å²) in [5.74, 6) is 1.78. The number of hydrogen-bond donors (Lipinski definition) is 2. The zero-order valence-corrected chi connectivity index (χ0v) is 22.5. The van der Waals surface area contributed by atoms with E-state index in [2.05, 4.69) is 50.2 Å². The van der Waals surface area contributed by atoms with Crippen molar-refractivity contribution in [2.24, 2.45) is 0 Å². The Morgan fingerprint density at radius 3 is 2.47 bits per heavy atom. The van der Waals surface area contributed by atoms with Crippen LogP contribution >= 0.6 is 0 Å². The number of piperazine rings is 1. The lowest BCUT2D eigenvalue weighted by atomic mass is 9.94. The average molecular weight is 516 g/mol. The Kier molecular flexibility index (Phi) is 7.74. The van der Waals surface area contributed by atoms with Gasteiger partial charge in [0.1, 0.15) is 5.82 Å². The first-order valence-corrected chi connectivity index (χ1v) is 13.4. The van der Waals surface area contributed by atoms with Crippen molar-refractivity contribution in [1.82, 2.24) is 20.1 Å². The van der Waals surface area contributed by atoms with E-state index in [0.29, 0.717) is 25.7 Å². The predicted molar refractivity (Wildman–Crippen MR) is 150 cm³/mol. The van der Waals surface area contributed by atoms with Crippen molar-refractivity contribution in [2.75, 3.05) is 54.4 Å². The maximum Gasteiger partial charge on any atom is 0.254 e. The van der Waals surface area contributed by atoms with Crippen LogP contribution < -0.4 is 15.1 Å². The molecule has 38 heavy (non-hydrogen) atoms. The molecule has 9 heteroatoms. The zero-order chi connectivity index (χ0) is 26.6. The number of pyridine rings is 1. The van der Waals surface area contributed by atoms with Gasteiger partial charge < -0.3 is 25.1 Å². The molecular formula is C29H37N7O2. The Hall–Kier alpha value is -3.72. The van der Waals surface area contributed by atoms with E-state index in [-0.39, 0.29) is 18.6 Å². The van der Waals surface area contributed by atoms with Crippen LogP contribution in [0.4, 0.5) is 17.3 Å². The highest BCUT2D eigenvalue weighted by atomic mass is 16.3. The fraction of sp³-hybridized carbons (Fsp3) is 0.448. The van der Waals surface area contributed by atoms with E-state index >= 15 is 0 Å². The van der Waals surface area contributed by atoms with E-state index in [0.717, 1.165) is 65.5 Å². The minimum Gasteiger partial charge on any atom is -0.394 e. The molecule has 200 valence electrons. The number of piperidine rings is 1. The number of carbonyl (C=O) groups excluding carboxylic acids is 1. The molecule has 2 aliphatic heterocycles. The lowest BCUT2D eigenvalue weighted by Gasteiger charge is -2.41. The van der Waals surface area contributed by atoms with Gasteiger partial charge in [0.15, 0.2) is 5.82 Å². The molecule has 0 bridgehead atoms. The van der Waals surface area contributed by atoms with Crippen molar-refractivity contribution in [2.45, 2.75) is 45.7 Å². The highest BCUT2D eigenvalue weighted by molar-refractivity contribution is 5.99. The van der Waals surface area contributed by atoms with Crippen molar-refractivity contribution in [3.8, 4) is 0 Å². The van der Waals surface area contributed by atoms with E-state index in [4.69, 9.17) is 0 Å². The first kappa shape index (κ1) is 25.9. The predicted octanol–water partition coefficient (Wildman–Crippen LogP) is 3.20. The minimum atomic E-state index is -0.189. The maximum absolute atomic E-state index is 13.9. The van der Waals surface area contributed by atoms with E-state index in [1.54, 1.807) is 12.4 Å². The molecule has 1 atom stereocenters. The highest BCUT2D eigenvalue weighted by Gasteiger charge is 2.32. The highest BCUT2D eigenvalue weighted by Crippen LogP contribution is 2.31. The van der Waals surface area contributed by atoms with Gasteiger partial charge in [-0.2, -0.15) is 5.10 Å². The number of aliphatic hydroxyl groups excluding tert-OH is 1. The number of carbonyl (C=O) groups is 1. The van der Waals surface area contributed by atoms with Gasteiger partial charge in [0.2, 0.25) is 0 Å². The first-order chi connectivity index (χ1) is 18.5. The molecule has 0 saturated carbocycles. The molecule has 2 fully saturated rings. The molecule has 3 aromatic rings. The van der Waals surface area contributed by atoms with Crippen molar-refractivity contribution in [3.63, 3.8) is 0 Å². The average Bonchev–Trinajstić information content (AvgIpc) is 2.96.